The van der Waals surface area contributed by atoms with Gasteiger partial charge < -0.3 is 4.74 Å². The largest absolute Gasteiger partial charge is 0.464 e. The van der Waals surface area contributed by atoms with E-state index < -0.39 is 11.5 Å². The predicted octanol–water partition coefficient (Wildman–Crippen LogP) is 1.81. The second kappa shape index (κ2) is 6.81. The van der Waals surface area contributed by atoms with Crippen molar-refractivity contribution in [2.24, 2.45) is 5.92 Å². The average molecular weight is 316 g/mol. The molecule has 1 aromatic carbocycles. The van der Waals surface area contributed by atoms with Crippen molar-refractivity contribution in [1.29, 1.82) is 0 Å². The summed E-state index contributed by atoms with van der Waals surface area (Å²) in [6.45, 7) is 0.122. The van der Waals surface area contributed by atoms with E-state index in [4.69, 9.17) is 4.74 Å². The number of aromatic amines is 1. The van der Waals surface area contributed by atoms with Crippen molar-refractivity contribution in [2.75, 3.05) is 6.61 Å². The van der Waals surface area contributed by atoms with Gasteiger partial charge in [0.1, 0.15) is 6.54 Å². The minimum Gasteiger partial charge on any atom is -0.464 e. The number of rotatable bonds is 4. The summed E-state index contributed by atoms with van der Waals surface area (Å²) in [5.74, 6) is -0.0799. The molecule has 1 aliphatic carbocycles. The Balaban J connectivity index is 1.71. The van der Waals surface area contributed by atoms with Crippen molar-refractivity contribution in [3.05, 3.63) is 45.0 Å². The fraction of sp³-hybridized carbons (Fsp3) is 0.471. The molecule has 0 amide bonds. The number of carbonyl (C=O) groups excluding carboxylic acids is 1. The average Bonchev–Trinajstić information content (AvgIpc) is 2.59. The zero-order valence-corrected chi connectivity index (χ0v) is 12.9. The molecule has 0 saturated heterocycles. The molecule has 0 aliphatic heterocycles. The second-order valence-electron chi connectivity index (χ2n) is 6.06. The van der Waals surface area contributed by atoms with Gasteiger partial charge in [-0.2, -0.15) is 0 Å². The highest BCUT2D eigenvalue weighted by Gasteiger charge is 2.16. The quantitative estimate of drug-likeness (QED) is 0.872. The molecule has 1 aliphatic rings. The lowest BCUT2D eigenvalue weighted by atomic mass is 9.90. The molecule has 1 saturated carbocycles. The Morgan fingerprint density at radius 1 is 1.13 bits per heavy atom. The maximum atomic E-state index is 12.3. The van der Waals surface area contributed by atoms with Crippen LogP contribution in [-0.2, 0) is 16.1 Å². The van der Waals surface area contributed by atoms with Gasteiger partial charge in [-0.05, 0) is 30.9 Å². The third-order valence-electron chi connectivity index (χ3n) is 4.38. The van der Waals surface area contributed by atoms with E-state index in [1.165, 1.54) is 19.3 Å². The highest BCUT2D eigenvalue weighted by Crippen LogP contribution is 2.23. The molecule has 1 N–H and O–H groups in total. The molecule has 3 rings (SSSR count). The van der Waals surface area contributed by atoms with E-state index in [1.54, 1.807) is 24.3 Å². The number of ether oxygens (including phenoxy) is 1. The van der Waals surface area contributed by atoms with E-state index >= 15 is 0 Å². The number of aromatic nitrogens is 2. The first-order valence-corrected chi connectivity index (χ1v) is 8.02. The van der Waals surface area contributed by atoms with E-state index in [1.807, 2.05) is 0 Å². The smallest absolute Gasteiger partial charge is 0.327 e. The van der Waals surface area contributed by atoms with E-state index in [0.717, 1.165) is 17.5 Å². The summed E-state index contributed by atoms with van der Waals surface area (Å²) in [6.07, 6.45) is 5.78. The molecule has 6 nitrogen and oxygen atoms in total. The Morgan fingerprint density at radius 2 is 1.83 bits per heavy atom. The van der Waals surface area contributed by atoms with Crippen LogP contribution in [0.15, 0.2) is 33.9 Å². The summed E-state index contributed by atoms with van der Waals surface area (Å²) in [5.41, 5.74) is -0.782. The summed E-state index contributed by atoms with van der Waals surface area (Å²) in [5, 5.41) is 3.06. The zero-order valence-electron chi connectivity index (χ0n) is 12.9. The molecule has 0 atom stereocenters. The van der Waals surface area contributed by atoms with Crippen LogP contribution in [0.25, 0.3) is 10.8 Å². The standard InChI is InChI=1S/C17H20N2O4/c20-15(23-11-12-6-2-1-3-7-12)10-19-17(22)14-9-5-4-8-13(14)16(21)18-19/h4-5,8-9,12H,1-3,6-7,10-11H2,(H,18,21). The Bertz CT molecular complexity index is 815. The van der Waals surface area contributed by atoms with Gasteiger partial charge in [-0.1, -0.05) is 31.4 Å². The third-order valence-corrected chi connectivity index (χ3v) is 4.38. The normalized spacial score (nSPS) is 15.7. The summed E-state index contributed by atoms with van der Waals surface area (Å²) in [4.78, 5) is 36.2. The molecule has 2 aromatic rings. The molecule has 0 spiro atoms. The van der Waals surface area contributed by atoms with Gasteiger partial charge in [-0.25, -0.2) is 4.68 Å². The van der Waals surface area contributed by atoms with Gasteiger partial charge in [0.05, 0.1) is 17.4 Å². The van der Waals surface area contributed by atoms with Crippen molar-refractivity contribution in [1.82, 2.24) is 9.78 Å². The van der Waals surface area contributed by atoms with Gasteiger partial charge >= 0.3 is 5.97 Å². The van der Waals surface area contributed by atoms with Crippen molar-refractivity contribution in [3.63, 3.8) is 0 Å². The number of carbonyl (C=O) groups is 1. The number of nitrogens with one attached hydrogen (secondary N) is 1. The minimum atomic E-state index is -0.497. The summed E-state index contributed by atoms with van der Waals surface area (Å²) in [6, 6.07) is 6.55. The lowest BCUT2D eigenvalue weighted by Gasteiger charge is -2.21. The van der Waals surface area contributed by atoms with E-state index in [-0.39, 0.29) is 12.1 Å². The summed E-state index contributed by atoms with van der Waals surface area (Å²) >= 11 is 0. The highest BCUT2D eigenvalue weighted by atomic mass is 16.5. The van der Waals surface area contributed by atoms with Crippen LogP contribution in [0.4, 0.5) is 0 Å². The van der Waals surface area contributed by atoms with Crippen LogP contribution in [0.3, 0.4) is 0 Å². The van der Waals surface area contributed by atoms with Crippen LogP contribution in [0.2, 0.25) is 0 Å². The topological polar surface area (TPSA) is 81.2 Å². The summed E-state index contributed by atoms with van der Waals surface area (Å²) < 4.78 is 6.29. The van der Waals surface area contributed by atoms with E-state index in [9.17, 15) is 14.4 Å². The monoisotopic (exact) mass is 316 g/mol. The Labute approximate surface area is 133 Å². The van der Waals surface area contributed by atoms with E-state index in [0.29, 0.717) is 23.3 Å². The minimum absolute atomic E-state index is 0.272. The van der Waals surface area contributed by atoms with Gasteiger partial charge in [0, 0.05) is 0 Å². The maximum Gasteiger partial charge on any atom is 0.327 e. The number of benzene rings is 1. The molecule has 122 valence electrons. The molecule has 1 fully saturated rings. The van der Waals surface area contributed by atoms with Crippen molar-refractivity contribution >= 4 is 16.7 Å². The first-order valence-electron chi connectivity index (χ1n) is 8.02. The number of hydrogen-bond acceptors (Lipinski definition) is 4. The maximum absolute atomic E-state index is 12.3. The number of hydrogen-bond donors (Lipinski definition) is 1. The van der Waals surface area contributed by atoms with E-state index in [2.05, 4.69) is 5.10 Å². The fourth-order valence-corrected chi connectivity index (χ4v) is 3.10. The molecule has 23 heavy (non-hydrogen) atoms. The first kappa shape index (κ1) is 15.5. The predicted molar refractivity (Wildman–Crippen MR) is 86.4 cm³/mol. The molecule has 0 radical (unpaired) electrons. The lowest BCUT2D eigenvalue weighted by Crippen LogP contribution is -2.33. The van der Waals surface area contributed by atoms with Crippen LogP contribution >= 0.6 is 0 Å². The van der Waals surface area contributed by atoms with Crippen LogP contribution in [-0.4, -0.2) is 22.4 Å². The highest BCUT2D eigenvalue weighted by molar-refractivity contribution is 5.80. The Hall–Kier alpha value is -2.37. The zero-order chi connectivity index (χ0) is 16.2. The molecular formula is C17H20N2O4. The third kappa shape index (κ3) is 3.52. The molecular weight excluding hydrogens is 296 g/mol. The van der Waals surface area contributed by atoms with Crippen LogP contribution in [0, 0.1) is 5.92 Å². The Kier molecular flexibility index (Phi) is 4.60. The van der Waals surface area contributed by atoms with Gasteiger partial charge in [0.25, 0.3) is 11.1 Å². The van der Waals surface area contributed by atoms with Crippen molar-refractivity contribution in [2.45, 2.75) is 38.6 Å². The first-order chi connectivity index (χ1) is 11.1. The number of H-pyrrole nitrogens is 1. The van der Waals surface area contributed by atoms with Crippen LogP contribution < -0.4 is 11.1 Å². The van der Waals surface area contributed by atoms with Gasteiger partial charge in [-0.15, -0.1) is 0 Å². The van der Waals surface area contributed by atoms with Gasteiger partial charge in [0.2, 0.25) is 0 Å². The van der Waals surface area contributed by atoms with Gasteiger partial charge in [0.15, 0.2) is 0 Å². The number of fused-ring (bicyclic) bond motifs is 1. The molecule has 1 heterocycles. The van der Waals surface area contributed by atoms with Crippen LogP contribution in [0.5, 0.6) is 0 Å². The summed E-state index contributed by atoms with van der Waals surface area (Å²) in [7, 11) is 0. The molecule has 0 bridgehead atoms. The van der Waals surface area contributed by atoms with Gasteiger partial charge in [-0.3, -0.25) is 19.5 Å². The second-order valence-corrected chi connectivity index (χ2v) is 6.06. The lowest BCUT2D eigenvalue weighted by molar-refractivity contribution is -0.146. The number of nitrogens with zero attached hydrogens (tertiary/aromatic N) is 1. The SMILES string of the molecule is O=C(Cn1[nH]c(=O)c2ccccc2c1=O)OCC1CCCCC1. The molecule has 0 unspecified atom stereocenters. The van der Waals surface area contributed by atoms with Crippen molar-refractivity contribution < 1.29 is 9.53 Å². The molecule has 1 aromatic heterocycles. The van der Waals surface area contributed by atoms with Crippen molar-refractivity contribution in [3.8, 4) is 0 Å². The van der Waals surface area contributed by atoms with Crippen LogP contribution in [0.1, 0.15) is 32.1 Å². The molecule has 6 heteroatoms. The fourth-order valence-electron chi connectivity index (χ4n) is 3.10. The Morgan fingerprint density at radius 3 is 2.57 bits per heavy atom. The number of esters is 1.